The van der Waals surface area contributed by atoms with Gasteiger partial charge in [0.2, 0.25) is 0 Å². The molecule has 0 N–H and O–H groups in total. The van der Waals surface area contributed by atoms with E-state index in [-0.39, 0.29) is 0 Å². The van der Waals surface area contributed by atoms with Crippen molar-refractivity contribution in [3.8, 4) is 22.3 Å². The Bertz CT molecular complexity index is 1950. The SMILES string of the molecule is c1ccc2c(-c3c4ccccc4c(-c4cccc5ccccc45)c4cc5c(cc34)C3CCC5C3)cccc2c1. The molecule has 1 fully saturated rings. The second-order valence-corrected chi connectivity index (χ2v) is 11.6. The second-order valence-electron chi connectivity index (χ2n) is 11.6. The molecule has 7 aromatic rings. The third-order valence-corrected chi connectivity index (χ3v) is 9.66. The molecule has 0 aliphatic heterocycles. The quantitative estimate of drug-likeness (QED) is 0.209. The normalized spacial score (nSPS) is 17.9. The fraction of sp³-hybridized carbons (Fsp3) is 0.128. The summed E-state index contributed by atoms with van der Waals surface area (Å²) in [5.74, 6) is 1.45. The van der Waals surface area contributed by atoms with Crippen molar-refractivity contribution in [2.45, 2.75) is 31.1 Å². The lowest BCUT2D eigenvalue weighted by Gasteiger charge is -2.23. The van der Waals surface area contributed by atoms with Gasteiger partial charge in [0.25, 0.3) is 0 Å². The van der Waals surface area contributed by atoms with Crippen LogP contribution in [0.4, 0.5) is 0 Å². The minimum Gasteiger partial charge on any atom is -0.0616 e. The van der Waals surface area contributed by atoms with Crippen LogP contribution in [0.1, 0.15) is 42.2 Å². The molecule has 0 heteroatoms. The molecule has 39 heavy (non-hydrogen) atoms. The maximum absolute atomic E-state index is 2.60. The van der Waals surface area contributed by atoms with Crippen molar-refractivity contribution in [2.75, 3.05) is 0 Å². The minimum atomic E-state index is 0.724. The van der Waals surface area contributed by atoms with Crippen LogP contribution >= 0.6 is 0 Å². The van der Waals surface area contributed by atoms with Crippen LogP contribution in [-0.2, 0) is 0 Å². The first-order valence-corrected chi connectivity index (χ1v) is 14.3. The molecule has 0 nitrogen and oxygen atoms in total. The van der Waals surface area contributed by atoms with Crippen LogP contribution in [0.2, 0.25) is 0 Å². The van der Waals surface area contributed by atoms with E-state index in [0.717, 1.165) is 11.8 Å². The molecule has 1 saturated carbocycles. The average Bonchev–Trinajstić information content (AvgIpc) is 3.61. The summed E-state index contributed by atoms with van der Waals surface area (Å²) in [5, 5.41) is 10.7. The molecule has 0 heterocycles. The Morgan fingerprint density at radius 3 is 1.28 bits per heavy atom. The molecule has 0 spiro atoms. The van der Waals surface area contributed by atoms with E-state index < -0.39 is 0 Å². The predicted molar refractivity (Wildman–Crippen MR) is 167 cm³/mol. The lowest BCUT2D eigenvalue weighted by molar-refractivity contribution is 0.719. The van der Waals surface area contributed by atoms with Crippen molar-refractivity contribution in [2.24, 2.45) is 0 Å². The van der Waals surface area contributed by atoms with Gasteiger partial charge in [0.05, 0.1) is 0 Å². The van der Waals surface area contributed by atoms with E-state index in [4.69, 9.17) is 0 Å². The van der Waals surface area contributed by atoms with Gasteiger partial charge in [-0.3, -0.25) is 0 Å². The summed E-state index contributed by atoms with van der Waals surface area (Å²) in [6.45, 7) is 0. The zero-order chi connectivity index (χ0) is 25.5. The topological polar surface area (TPSA) is 0 Å². The summed E-state index contributed by atoms with van der Waals surface area (Å²) >= 11 is 0. The first-order valence-electron chi connectivity index (χ1n) is 14.3. The van der Waals surface area contributed by atoms with E-state index in [9.17, 15) is 0 Å². The summed E-state index contributed by atoms with van der Waals surface area (Å²) in [5.41, 5.74) is 8.65. The molecule has 2 unspecified atom stereocenters. The monoisotopic (exact) mass is 496 g/mol. The Labute approximate surface area is 228 Å². The van der Waals surface area contributed by atoms with Crippen molar-refractivity contribution in [1.82, 2.24) is 0 Å². The third-order valence-electron chi connectivity index (χ3n) is 9.66. The van der Waals surface area contributed by atoms with Crippen molar-refractivity contribution in [1.29, 1.82) is 0 Å². The van der Waals surface area contributed by atoms with Crippen LogP contribution in [0, 0.1) is 0 Å². The van der Waals surface area contributed by atoms with Crippen molar-refractivity contribution >= 4 is 43.1 Å². The van der Waals surface area contributed by atoms with Gasteiger partial charge in [0, 0.05) is 0 Å². The van der Waals surface area contributed by atoms with Crippen LogP contribution in [0.3, 0.4) is 0 Å². The number of rotatable bonds is 2. The Kier molecular flexibility index (Phi) is 4.43. The van der Waals surface area contributed by atoms with Gasteiger partial charge < -0.3 is 0 Å². The molecule has 0 radical (unpaired) electrons. The number of benzene rings is 7. The Hall–Kier alpha value is -4.42. The third kappa shape index (κ3) is 3.00. The van der Waals surface area contributed by atoms with Crippen LogP contribution in [0.15, 0.2) is 121 Å². The highest BCUT2D eigenvalue weighted by Gasteiger charge is 2.37. The summed E-state index contributed by atoms with van der Waals surface area (Å²) in [7, 11) is 0. The van der Waals surface area contributed by atoms with Gasteiger partial charge in [0.1, 0.15) is 0 Å². The second kappa shape index (κ2) is 8.04. The zero-order valence-corrected chi connectivity index (χ0v) is 21.8. The molecule has 2 aliphatic rings. The number of hydrogen-bond donors (Lipinski definition) is 0. The van der Waals surface area contributed by atoms with Gasteiger partial charge in [-0.1, -0.05) is 109 Å². The van der Waals surface area contributed by atoms with Crippen molar-refractivity contribution in [3.63, 3.8) is 0 Å². The van der Waals surface area contributed by atoms with Crippen molar-refractivity contribution < 1.29 is 0 Å². The highest BCUT2D eigenvalue weighted by molar-refractivity contribution is 6.25. The van der Waals surface area contributed by atoms with E-state index in [1.165, 1.54) is 84.6 Å². The molecular formula is C39H28. The lowest BCUT2D eigenvalue weighted by Crippen LogP contribution is -2.00. The van der Waals surface area contributed by atoms with Gasteiger partial charge in [-0.05, 0) is 120 Å². The van der Waals surface area contributed by atoms with Crippen LogP contribution in [0.25, 0.3) is 65.3 Å². The maximum Gasteiger partial charge on any atom is -0.00200 e. The van der Waals surface area contributed by atoms with Gasteiger partial charge >= 0.3 is 0 Å². The van der Waals surface area contributed by atoms with E-state index >= 15 is 0 Å². The molecule has 9 rings (SSSR count). The molecule has 2 atom stereocenters. The number of fused-ring (bicyclic) bond motifs is 9. The maximum atomic E-state index is 2.60. The van der Waals surface area contributed by atoms with Crippen molar-refractivity contribution in [3.05, 3.63) is 132 Å². The Balaban J connectivity index is 1.51. The highest BCUT2D eigenvalue weighted by Crippen LogP contribution is 2.56. The molecule has 0 amide bonds. The van der Waals surface area contributed by atoms with Gasteiger partial charge in [-0.15, -0.1) is 0 Å². The summed E-state index contributed by atoms with van der Waals surface area (Å²) < 4.78 is 0. The van der Waals surface area contributed by atoms with Gasteiger partial charge in [0.15, 0.2) is 0 Å². The van der Waals surface area contributed by atoms with Gasteiger partial charge in [-0.25, -0.2) is 0 Å². The predicted octanol–water partition coefficient (Wildman–Crippen LogP) is 11.0. The zero-order valence-electron chi connectivity index (χ0n) is 21.8. The van der Waals surface area contributed by atoms with Crippen LogP contribution in [-0.4, -0.2) is 0 Å². The molecule has 0 aromatic heterocycles. The van der Waals surface area contributed by atoms with Crippen LogP contribution in [0.5, 0.6) is 0 Å². The molecule has 2 bridgehead atoms. The van der Waals surface area contributed by atoms with Crippen LogP contribution < -0.4 is 0 Å². The van der Waals surface area contributed by atoms with E-state index in [0.29, 0.717) is 0 Å². The largest absolute Gasteiger partial charge is 0.0616 e. The highest BCUT2D eigenvalue weighted by atomic mass is 14.4. The van der Waals surface area contributed by atoms with E-state index in [2.05, 4.69) is 121 Å². The fourth-order valence-electron chi connectivity index (χ4n) is 7.98. The molecule has 0 saturated heterocycles. The van der Waals surface area contributed by atoms with E-state index in [1.54, 1.807) is 11.1 Å². The molecule has 7 aromatic carbocycles. The first-order chi connectivity index (χ1) is 19.3. The standard InChI is InChI=1S/C39H28/c1-3-13-28-24(9-1)11-7-17-30(28)38-32-15-5-6-16-33(32)39(31-18-8-12-25-10-2-4-14-29(25)31)37-23-35-27-20-19-26(21-27)34(35)22-36(37)38/h1-18,22-23,26-27H,19-21H2. The Morgan fingerprint density at radius 1 is 0.385 bits per heavy atom. The molecule has 184 valence electrons. The average molecular weight is 497 g/mol. The summed E-state index contributed by atoms with van der Waals surface area (Å²) in [4.78, 5) is 0. The molecule has 2 aliphatic carbocycles. The Morgan fingerprint density at radius 2 is 0.795 bits per heavy atom. The smallest absolute Gasteiger partial charge is 0.00200 e. The number of hydrogen-bond acceptors (Lipinski definition) is 0. The van der Waals surface area contributed by atoms with Gasteiger partial charge in [-0.2, -0.15) is 0 Å². The minimum absolute atomic E-state index is 0.724. The first kappa shape index (κ1) is 21.5. The fourth-order valence-corrected chi connectivity index (χ4v) is 7.98. The lowest BCUT2D eigenvalue weighted by atomic mass is 9.80. The summed E-state index contributed by atoms with van der Waals surface area (Å²) in [6.07, 6.45) is 4.02. The summed E-state index contributed by atoms with van der Waals surface area (Å²) in [6, 6.07) is 45.6. The molecular weight excluding hydrogens is 468 g/mol. The van der Waals surface area contributed by atoms with E-state index in [1.807, 2.05) is 0 Å².